The molecule has 0 fully saturated rings. The van der Waals surface area contributed by atoms with Crippen LogP contribution in [0.4, 0.5) is 24.5 Å². The lowest BCUT2D eigenvalue weighted by Crippen LogP contribution is -2.27. The van der Waals surface area contributed by atoms with Crippen molar-refractivity contribution in [3.05, 3.63) is 55.9 Å². The van der Waals surface area contributed by atoms with Crippen LogP contribution in [0.2, 0.25) is 5.02 Å². The van der Waals surface area contributed by atoms with Crippen LogP contribution in [-0.4, -0.2) is 39.4 Å². The maximum Gasteiger partial charge on any atom is 0.277 e. The molecule has 0 spiro atoms. The predicted octanol–water partition coefficient (Wildman–Crippen LogP) is 4.43. The lowest BCUT2D eigenvalue weighted by Gasteiger charge is -2.15. The molecule has 0 aliphatic carbocycles. The van der Waals surface area contributed by atoms with Gasteiger partial charge in [-0.3, -0.25) is 9.63 Å². The third kappa shape index (κ3) is 6.71. The van der Waals surface area contributed by atoms with Crippen molar-refractivity contribution in [1.82, 2.24) is 5.48 Å². The normalized spacial score (nSPS) is 10.8. The zero-order chi connectivity index (χ0) is 21.4. The summed E-state index contributed by atoms with van der Waals surface area (Å²) in [4.78, 5) is 17.2. The van der Waals surface area contributed by atoms with Gasteiger partial charge < -0.3 is 14.8 Å². The molecule has 158 valence electrons. The second-order valence-corrected chi connectivity index (χ2v) is 7.20. The van der Waals surface area contributed by atoms with E-state index in [1.807, 2.05) is 28.1 Å². The van der Waals surface area contributed by atoms with E-state index in [1.54, 1.807) is 12.1 Å². The van der Waals surface area contributed by atoms with Crippen molar-refractivity contribution in [2.75, 3.05) is 38.9 Å². The van der Waals surface area contributed by atoms with E-state index in [9.17, 15) is 18.0 Å². The Morgan fingerprint density at radius 3 is 2.52 bits per heavy atom. The number of rotatable bonds is 10. The number of ether oxygens (including phenoxy) is 2. The van der Waals surface area contributed by atoms with E-state index in [0.29, 0.717) is 19.3 Å². The largest absolute Gasteiger partial charge is 0.382 e. The zero-order valence-corrected chi connectivity index (χ0v) is 18.1. The van der Waals surface area contributed by atoms with E-state index in [0.717, 1.165) is 3.57 Å². The molecule has 0 aliphatic rings. The zero-order valence-electron chi connectivity index (χ0n) is 15.2. The number of nitrogens with one attached hydrogen (secondary N) is 2. The van der Waals surface area contributed by atoms with Crippen LogP contribution in [0.25, 0.3) is 0 Å². The minimum atomic E-state index is -1.72. The monoisotopic (exact) mass is 544 g/mol. The molecule has 2 aromatic carbocycles. The molecule has 0 atom stereocenters. The molecule has 1 amide bonds. The van der Waals surface area contributed by atoms with Gasteiger partial charge in [0.2, 0.25) is 0 Å². The van der Waals surface area contributed by atoms with Gasteiger partial charge in [-0.25, -0.2) is 18.7 Å². The molecule has 2 N–H and O–H groups in total. The fourth-order valence-corrected chi connectivity index (χ4v) is 3.04. The van der Waals surface area contributed by atoms with E-state index in [4.69, 9.17) is 25.9 Å². The predicted molar refractivity (Wildman–Crippen MR) is 110 cm³/mol. The summed E-state index contributed by atoms with van der Waals surface area (Å²) >= 11 is 8.11. The molecular formula is C18H17ClF3IN2O4. The van der Waals surface area contributed by atoms with Crippen molar-refractivity contribution >= 4 is 51.5 Å². The van der Waals surface area contributed by atoms with Crippen LogP contribution in [0.5, 0.6) is 0 Å². The molecule has 0 heterocycles. The van der Waals surface area contributed by atoms with E-state index < -0.39 is 34.6 Å². The Hall–Kier alpha value is -1.60. The van der Waals surface area contributed by atoms with E-state index in [2.05, 4.69) is 5.32 Å². The molecule has 0 saturated heterocycles. The summed E-state index contributed by atoms with van der Waals surface area (Å²) < 4.78 is 52.5. The standard InChI is InChI=1S/C18H17ClF3IN2O4/c1-27-4-5-28-6-7-29-25-18(26)11-9-13(20)15(21)16(22)17(11)24-14-3-2-10(23)8-12(14)19/h2-3,8-9,24H,4-7H2,1H3,(H,25,26). The number of carbonyl (C=O) groups excluding carboxylic acids is 1. The number of halogens is 5. The molecule has 0 radical (unpaired) electrons. The second-order valence-electron chi connectivity index (χ2n) is 5.54. The number of anilines is 2. The SMILES string of the molecule is COCCOCCONC(=O)c1cc(F)c(F)c(F)c1Nc1ccc(I)cc1Cl. The minimum absolute atomic E-state index is 0.0205. The Morgan fingerprint density at radius 1 is 1.10 bits per heavy atom. The number of benzene rings is 2. The van der Waals surface area contributed by atoms with Crippen molar-refractivity contribution < 1.29 is 32.3 Å². The van der Waals surface area contributed by atoms with Crippen LogP contribution in [0, 0.1) is 21.0 Å². The second kappa shape index (κ2) is 11.6. The highest BCUT2D eigenvalue weighted by Crippen LogP contribution is 2.32. The highest BCUT2D eigenvalue weighted by molar-refractivity contribution is 14.1. The van der Waals surface area contributed by atoms with Gasteiger partial charge >= 0.3 is 0 Å². The third-order valence-corrected chi connectivity index (χ3v) is 4.51. The van der Waals surface area contributed by atoms with Crippen LogP contribution >= 0.6 is 34.2 Å². The summed E-state index contributed by atoms with van der Waals surface area (Å²) in [6.07, 6.45) is 0. The lowest BCUT2D eigenvalue weighted by atomic mass is 10.1. The Labute approximate surface area is 183 Å². The highest BCUT2D eigenvalue weighted by Gasteiger charge is 2.24. The lowest BCUT2D eigenvalue weighted by molar-refractivity contribution is -0.00938. The van der Waals surface area contributed by atoms with E-state index in [1.165, 1.54) is 13.2 Å². The van der Waals surface area contributed by atoms with Crippen LogP contribution in [-0.2, 0) is 14.3 Å². The van der Waals surface area contributed by atoms with E-state index >= 15 is 0 Å². The summed E-state index contributed by atoms with van der Waals surface area (Å²) in [5.74, 6) is -5.79. The molecular weight excluding hydrogens is 528 g/mol. The number of hydroxylamine groups is 1. The molecule has 0 aliphatic heterocycles. The molecule has 6 nitrogen and oxygen atoms in total. The Balaban J connectivity index is 2.15. The summed E-state index contributed by atoms with van der Waals surface area (Å²) in [6.45, 7) is 0.871. The quantitative estimate of drug-likeness (QED) is 0.201. The number of amides is 1. The first-order chi connectivity index (χ1) is 13.8. The first kappa shape index (κ1) is 23.7. The van der Waals surface area contributed by atoms with Crippen LogP contribution in [0.1, 0.15) is 10.4 Å². The summed E-state index contributed by atoms with van der Waals surface area (Å²) in [7, 11) is 1.52. The first-order valence-corrected chi connectivity index (χ1v) is 9.69. The number of carbonyl (C=O) groups is 1. The Kier molecular flexibility index (Phi) is 9.43. The Morgan fingerprint density at radius 2 is 1.83 bits per heavy atom. The van der Waals surface area contributed by atoms with Crippen molar-refractivity contribution in [3.63, 3.8) is 0 Å². The van der Waals surface area contributed by atoms with Gasteiger partial charge in [-0.1, -0.05) is 11.6 Å². The van der Waals surface area contributed by atoms with Crippen LogP contribution in [0.3, 0.4) is 0 Å². The Bertz CT molecular complexity index is 873. The molecule has 0 aromatic heterocycles. The molecule has 29 heavy (non-hydrogen) atoms. The van der Waals surface area contributed by atoms with Crippen molar-refractivity contribution in [2.45, 2.75) is 0 Å². The molecule has 0 bridgehead atoms. The van der Waals surface area contributed by atoms with Crippen LogP contribution < -0.4 is 10.8 Å². The fourth-order valence-electron chi connectivity index (χ4n) is 2.14. The molecule has 11 heteroatoms. The van der Waals surface area contributed by atoms with Crippen molar-refractivity contribution in [3.8, 4) is 0 Å². The highest BCUT2D eigenvalue weighted by atomic mass is 127. The maximum atomic E-state index is 14.4. The van der Waals surface area contributed by atoms with Crippen molar-refractivity contribution in [2.24, 2.45) is 0 Å². The van der Waals surface area contributed by atoms with Gasteiger partial charge in [0.05, 0.1) is 48.4 Å². The molecule has 2 aromatic rings. The van der Waals surface area contributed by atoms with Gasteiger partial charge in [-0.2, -0.15) is 0 Å². The van der Waals surface area contributed by atoms with E-state index in [-0.39, 0.29) is 23.9 Å². The summed E-state index contributed by atoms with van der Waals surface area (Å²) in [6, 6.07) is 5.32. The third-order valence-electron chi connectivity index (χ3n) is 3.52. The molecule has 0 unspecified atom stereocenters. The van der Waals surface area contributed by atoms with Gasteiger partial charge in [0.1, 0.15) is 0 Å². The van der Waals surface area contributed by atoms with Crippen molar-refractivity contribution in [1.29, 1.82) is 0 Å². The summed E-state index contributed by atoms with van der Waals surface area (Å²) in [5, 5.41) is 2.74. The van der Waals surface area contributed by atoms with Gasteiger partial charge in [0.15, 0.2) is 17.5 Å². The topological polar surface area (TPSA) is 68.8 Å². The molecule has 0 saturated carbocycles. The molecule has 2 rings (SSSR count). The minimum Gasteiger partial charge on any atom is -0.382 e. The number of hydrogen-bond donors (Lipinski definition) is 2. The average molecular weight is 545 g/mol. The number of hydrogen-bond acceptors (Lipinski definition) is 5. The van der Waals surface area contributed by atoms with Gasteiger partial charge in [0, 0.05) is 10.7 Å². The van der Waals surface area contributed by atoms with Gasteiger partial charge in [-0.05, 0) is 46.9 Å². The first-order valence-electron chi connectivity index (χ1n) is 8.23. The number of methoxy groups -OCH3 is 1. The average Bonchev–Trinajstić information content (AvgIpc) is 2.69. The van der Waals surface area contributed by atoms with Gasteiger partial charge in [0.25, 0.3) is 5.91 Å². The fraction of sp³-hybridized carbons (Fsp3) is 0.278. The van der Waals surface area contributed by atoms with Gasteiger partial charge in [-0.15, -0.1) is 0 Å². The smallest absolute Gasteiger partial charge is 0.277 e. The maximum absolute atomic E-state index is 14.4. The van der Waals surface area contributed by atoms with Crippen LogP contribution in [0.15, 0.2) is 24.3 Å². The summed E-state index contributed by atoms with van der Waals surface area (Å²) in [5.41, 5.74) is 1.16.